The number of hydrogen-bond donors (Lipinski definition) is 2. The van der Waals surface area contributed by atoms with E-state index < -0.39 is 0 Å². The van der Waals surface area contributed by atoms with Gasteiger partial charge in [-0.3, -0.25) is 0 Å². The molecule has 1 atom stereocenters. The van der Waals surface area contributed by atoms with E-state index in [2.05, 4.69) is 11.4 Å². The summed E-state index contributed by atoms with van der Waals surface area (Å²) in [5.41, 5.74) is 1.56. The molecular formula is C11H17NOS. The van der Waals surface area contributed by atoms with Crippen LogP contribution in [0.1, 0.15) is 28.7 Å². The number of thiophene rings is 1. The van der Waals surface area contributed by atoms with Gasteiger partial charge in [0.05, 0.1) is 6.10 Å². The van der Waals surface area contributed by atoms with Crippen molar-refractivity contribution in [2.75, 3.05) is 6.54 Å². The van der Waals surface area contributed by atoms with E-state index in [1.165, 1.54) is 24.1 Å². The van der Waals surface area contributed by atoms with Gasteiger partial charge in [-0.15, -0.1) is 11.3 Å². The molecule has 0 amide bonds. The zero-order valence-corrected chi connectivity index (χ0v) is 9.36. The summed E-state index contributed by atoms with van der Waals surface area (Å²) in [6.07, 6.45) is 3.63. The number of aliphatic hydroxyl groups excluding tert-OH is 1. The standard InChI is InChI=1S/C11H17NOS/c1-8(13)6-12-7-10-5-9-3-2-4-11(9)14-10/h5,8,12-13H,2-4,6-7H2,1H3/t8-/m0/s1. The minimum absolute atomic E-state index is 0.248. The van der Waals surface area contributed by atoms with Crippen LogP contribution in [-0.4, -0.2) is 17.8 Å². The van der Waals surface area contributed by atoms with Gasteiger partial charge in [0.25, 0.3) is 0 Å². The van der Waals surface area contributed by atoms with Gasteiger partial charge >= 0.3 is 0 Å². The highest BCUT2D eigenvalue weighted by molar-refractivity contribution is 7.12. The first-order valence-corrected chi connectivity index (χ1v) is 6.06. The molecule has 1 aromatic heterocycles. The molecule has 1 aliphatic carbocycles. The summed E-state index contributed by atoms with van der Waals surface area (Å²) in [7, 11) is 0. The van der Waals surface area contributed by atoms with Crippen molar-refractivity contribution in [2.45, 2.75) is 38.8 Å². The van der Waals surface area contributed by atoms with Gasteiger partial charge in [0.15, 0.2) is 0 Å². The second kappa shape index (κ2) is 4.43. The maximum atomic E-state index is 9.09. The van der Waals surface area contributed by atoms with Crippen LogP contribution in [0.4, 0.5) is 0 Å². The third-order valence-corrected chi connectivity index (χ3v) is 3.77. The summed E-state index contributed by atoms with van der Waals surface area (Å²) < 4.78 is 0. The predicted octanol–water partition coefficient (Wildman–Crippen LogP) is 1.71. The number of fused-ring (bicyclic) bond motifs is 1. The fourth-order valence-electron chi connectivity index (χ4n) is 1.88. The van der Waals surface area contributed by atoms with Crippen molar-refractivity contribution in [2.24, 2.45) is 0 Å². The minimum Gasteiger partial charge on any atom is -0.392 e. The average Bonchev–Trinajstić information content (AvgIpc) is 2.62. The number of hydrogen-bond acceptors (Lipinski definition) is 3. The topological polar surface area (TPSA) is 32.3 Å². The zero-order valence-electron chi connectivity index (χ0n) is 8.55. The van der Waals surface area contributed by atoms with Gasteiger partial charge in [0.1, 0.15) is 0 Å². The van der Waals surface area contributed by atoms with Crippen LogP contribution in [0.5, 0.6) is 0 Å². The third-order valence-electron chi connectivity index (χ3n) is 2.54. The predicted molar refractivity (Wildman–Crippen MR) is 59.7 cm³/mol. The molecule has 14 heavy (non-hydrogen) atoms. The number of aliphatic hydroxyl groups is 1. The van der Waals surface area contributed by atoms with E-state index in [4.69, 9.17) is 5.11 Å². The van der Waals surface area contributed by atoms with Gasteiger partial charge in [-0.1, -0.05) is 0 Å². The summed E-state index contributed by atoms with van der Waals surface area (Å²) in [4.78, 5) is 2.99. The molecular weight excluding hydrogens is 194 g/mol. The lowest BCUT2D eigenvalue weighted by molar-refractivity contribution is 0.191. The Morgan fingerprint density at radius 2 is 2.43 bits per heavy atom. The van der Waals surface area contributed by atoms with Crippen LogP contribution in [0.25, 0.3) is 0 Å². The number of aryl methyl sites for hydroxylation is 2. The van der Waals surface area contributed by atoms with Gasteiger partial charge < -0.3 is 10.4 Å². The van der Waals surface area contributed by atoms with E-state index in [9.17, 15) is 0 Å². The van der Waals surface area contributed by atoms with E-state index in [0.717, 1.165) is 6.54 Å². The van der Waals surface area contributed by atoms with Crippen molar-refractivity contribution in [3.63, 3.8) is 0 Å². The Hall–Kier alpha value is -0.380. The van der Waals surface area contributed by atoms with Crippen molar-refractivity contribution in [1.29, 1.82) is 0 Å². The molecule has 1 aromatic rings. The van der Waals surface area contributed by atoms with E-state index >= 15 is 0 Å². The molecule has 0 saturated heterocycles. The van der Waals surface area contributed by atoms with Crippen LogP contribution in [0, 0.1) is 0 Å². The molecule has 0 aromatic carbocycles. The van der Waals surface area contributed by atoms with Crippen LogP contribution in [0.15, 0.2) is 6.07 Å². The molecule has 0 fully saturated rings. The maximum absolute atomic E-state index is 9.09. The highest BCUT2D eigenvalue weighted by Gasteiger charge is 2.14. The summed E-state index contributed by atoms with van der Waals surface area (Å²) in [6, 6.07) is 2.32. The monoisotopic (exact) mass is 211 g/mol. The second-order valence-electron chi connectivity index (χ2n) is 3.99. The van der Waals surface area contributed by atoms with Crippen LogP contribution < -0.4 is 5.32 Å². The first-order chi connectivity index (χ1) is 6.75. The minimum atomic E-state index is -0.248. The Bertz CT molecular complexity index is 285. The summed E-state index contributed by atoms with van der Waals surface area (Å²) in [6.45, 7) is 3.40. The fourth-order valence-corrected chi connectivity index (χ4v) is 3.11. The molecule has 1 aliphatic rings. The van der Waals surface area contributed by atoms with Gasteiger partial charge in [-0.25, -0.2) is 0 Å². The van der Waals surface area contributed by atoms with Gasteiger partial charge in [0, 0.05) is 22.8 Å². The second-order valence-corrected chi connectivity index (χ2v) is 5.22. The third kappa shape index (κ3) is 2.35. The van der Waals surface area contributed by atoms with Gasteiger partial charge in [-0.05, 0) is 37.8 Å². The molecule has 2 rings (SSSR count). The van der Waals surface area contributed by atoms with Crippen molar-refractivity contribution in [1.82, 2.24) is 5.32 Å². The van der Waals surface area contributed by atoms with Crippen molar-refractivity contribution in [3.05, 3.63) is 21.4 Å². The Kier molecular flexibility index (Phi) is 3.21. The molecule has 3 heteroatoms. The Morgan fingerprint density at radius 1 is 1.57 bits per heavy atom. The van der Waals surface area contributed by atoms with E-state index in [1.807, 2.05) is 11.3 Å². The van der Waals surface area contributed by atoms with Crippen molar-refractivity contribution >= 4 is 11.3 Å². The normalized spacial score (nSPS) is 17.0. The van der Waals surface area contributed by atoms with E-state index in [0.29, 0.717) is 6.54 Å². The molecule has 78 valence electrons. The maximum Gasteiger partial charge on any atom is 0.0636 e. The van der Waals surface area contributed by atoms with Crippen LogP contribution >= 0.6 is 11.3 Å². The summed E-state index contributed by atoms with van der Waals surface area (Å²) in [5, 5.41) is 12.3. The first-order valence-electron chi connectivity index (χ1n) is 5.25. The highest BCUT2D eigenvalue weighted by atomic mass is 32.1. The smallest absolute Gasteiger partial charge is 0.0636 e. The van der Waals surface area contributed by atoms with Crippen LogP contribution in [0.3, 0.4) is 0 Å². The largest absolute Gasteiger partial charge is 0.392 e. The zero-order chi connectivity index (χ0) is 9.97. The molecule has 0 radical (unpaired) electrons. The Morgan fingerprint density at radius 3 is 3.14 bits per heavy atom. The highest BCUT2D eigenvalue weighted by Crippen LogP contribution is 2.30. The molecule has 0 aliphatic heterocycles. The average molecular weight is 211 g/mol. The lowest BCUT2D eigenvalue weighted by Crippen LogP contribution is -2.23. The van der Waals surface area contributed by atoms with Crippen molar-refractivity contribution in [3.8, 4) is 0 Å². The lowest BCUT2D eigenvalue weighted by atomic mass is 10.2. The van der Waals surface area contributed by atoms with E-state index in [1.54, 1.807) is 17.4 Å². The molecule has 2 nitrogen and oxygen atoms in total. The SMILES string of the molecule is C[C@H](O)CNCc1cc2c(s1)CCC2. The number of nitrogens with one attached hydrogen (secondary N) is 1. The molecule has 0 bridgehead atoms. The van der Waals surface area contributed by atoms with Crippen LogP contribution in [0.2, 0.25) is 0 Å². The molecule has 0 saturated carbocycles. The lowest BCUT2D eigenvalue weighted by Gasteiger charge is -2.04. The fraction of sp³-hybridized carbons (Fsp3) is 0.636. The molecule has 2 N–H and O–H groups in total. The first kappa shape index (κ1) is 10.1. The summed E-state index contributed by atoms with van der Waals surface area (Å²) in [5.74, 6) is 0. The van der Waals surface area contributed by atoms with E-state index in [-0.39, 0.29) is 6.10 Å². The molecule has 0 spiro atoms. The van der Waals surface area contributed by atoms with Crippen molar-refractivity contribution < 1.29 is 5.11 Å². The van der Waals surface area contributed by atoms with Gasteiger partial charge in [0.2, 0.25) is 0 Å². The summed E-state index contributed by atoms with van der Waals surface area (Å²) >= 11 is 1.93. The molecule has 0 unspecified atom stereocenters. The van der Waals surface area contributed by atoms with Gasteiger partial charge in [-0.2, -0.15) is 0 Å². The molecule has 1 heterocycles. The quantitative estimate of drug-likeness (QED) is 0.794. The Balaban J connectivity index is 1.85. The van der Waals surface area contributed by atoms with Crippen LogP contribution in [-0.2, 0) is 19.4 Å². The number of rotatable bonds is 4. The Labute approximate surface area is 89.0 Å².